The van der Waals surface area contributed by atoms with E-state index in [9.17, 15) is 28.1 Å². The lowest BCUT2D eigenvalue weighted by Gasteiger charge is -2.22. The van der Waals surface area contributed by atoms with Crippen molar-refractivity contribution in [1.29, 1.82) is 10.5 Å². The van der Waals surface area contributed by atoms with Crippen LogP contribution in [0.15, 0.2) is 30.6 Å². The first-order chi connectivity index (χ1) is 15.7. The Hall–Kier alpha value is -3.96. The number of nitriles is 2. The molecule has 0 radical (unpaired) electrons. The third kappa shape index (κ3) is 4.11. The van der Waals surface area contributed by atoms with Gasteiger partial charge in [0.15, 0.2) is 0 Å². The second kappa shape index (κ2) is 8.52. The Labute approximate surface area is 185 Å². The zero-order valence-corrected chi connectivity index (χ0v) is 17.0. The molecule has 2 N–H and O–H groups in total. The summed E-state index contributed by atoms with van der Waals surface area (Å²) in [5.41, 5.74) is 4.38. The first-order valence-corrected chi connectivity index (χ1v) is 9.91. The number of rotatable bonds is 3. The highest BCUT2D eigenvalue weighted by Crippen LogP contribution is 2.39. The largest absolute Gasteiger partial charge is 0.419 e. The summed E-state index contributed by atoms with van der Waals surface area (Å²) in [5.74, 6) is -1.78. The molecule has 1 saturated heterocycles. The van der Waals surface area contributed by atoms with Gasteiger partial charge in [-0.1, -0.05) is 6.07 Å². The van der Waals surface area contributed by atoms with E-state index >= 15 is 0 Å². The molecule has 1 aromatic carbocycles. The zero-order valence-electron chi connectivity index (χ0n) is 17.0. The van der Waals surface area contributed by atoms with Gasteiger partial charge in [0.05, 0.1) is 23.0 Å². The summed E-state index contributed by atoms with van der Waals surface area (Å²) in [5, 5.41) is 23.7. The summed E-state index contributed by atoms with van der Waals surface area (Å²) >= 11 is 0. The predicted octanol–water partition coefficient (Wildman–Crippen LogP) is 4.79. The molecule has 0 spiro atoms. The van der Waals surface area contributed by atoms with Crippen molar-refractivity contribution in [1.82, 2.24) is 14.8 Å². The van der Waals surface area contributed by atoms with Crippen molar-refractivity contribution in [2.24, 2.45) is 0 Å². The van der Waals surface area contributed by atoms with Crippen LogP contribution in [0.5, 0.6) is 0 Å². The van der Waals surface area contributed by atoms with Gasteiger partial charge >= 0.3 is 6.18 Å². The van der Waals surface area contributed by atoms with Crippen molar-refractivity contribution in [3.63, 3.8) is 0 Å². The number of hydrogen-bond donors (Lipinski definition) is 1. The molecule has 1 fully saturated rings. The monoisotopic (exact) mass is 456 g/mol. The highest BCUT2D eigenvalue weighted by Gasteiger charge is 2.34. The van der Waals surface area contributed by atoms with E-state index in [1.54, 1.807) is 10.9 Å². The molecule has 3 aromatic rings. The van der Waals surface area contributed by atoms with Crippen molar-refractivity contribution in [2.45, 2.75) is 31.7 Å². The molecular weight excluding hydrogens is 440 g/mol. The molecule has 2 aromatic heterocycles. The molecule has 7 nitrogen and oxygen atoms in total. The predicted molar refractivity (Wildman–Crippen MR) is 109 cm³/mol. The van der Waals surface area contributed by atoms with Crippen LogP contribution in [0.1, 0.15) is 42.2 Å². The quantitative estimate of drug-likeness (QED) is 0.567. The number of benzene rings is 1. The maximum atomic E-state index is 14.3. The van der Waals surface area contributed by atoms with Gasteiger partial charge in [0.2, 0.25) is 0 Å². The number of nitrogen functional groups attached to an aromatic ring is 1. The minimum atomic E-state index is -4.89. The van der Waals surface area contributed by atoms with Crippen molar-refractivity contribution in [2.75, 3.05) is 12.3 Å². The Bertz CT molecular complexity index is 1300. The summed E-state index contributed by atoms with van der Waals surface area (Å²) in [6.45, 7) is 0.592. The van der Waals surface area contributed by atoms with E-state index in [2.05, 4.69) is 10.1 Å². The number of nitrogens with two attached hydrogens (primary N) is 1. The number of hydrogen-bond acceptors (Lipinski definition) is 6. The van der Waals surface area contributed by atoms with Gasteiger partial charge in [0.25, 0.3) is 0 Å². The molecule has 33 heavy (non-hydrogen) atoms. The van der Waals surface area contributed by atoms with Crippen LogP contribution in [0.3, 0.4) is 0 Å². The van der Waals surface area contributed by atoms with Crippen molar-refractivity contribution in [3.8, 4) is 34.5 Å². The maximum absolute atomic E-state index is 14.3. The smallest absolute Gasteiger partial charge is 0.383 e. The molecule has 1 aliphatic heterocycles. The number of aromatic nitrogens is 3. The minimum absolute atomic E-state index is 0.0753. The Morgan fingerprint density at radius 3 is 2.48 bits per heavy atom. The molecular formula is C22H16F4N6O. The van der Waals surface area contributed by atoms with Crippen LogP contribution in [-0.2, 0) is 10.9 Å². The minimum Gasteiger partial charge on any atom is -0.383 e. The molecule has 11 heteroatoms. The summed E-state index contributed by atoms with van der Waals surface area (Å²) in [4.78, 5) is 4.17. The molecule has 4 rings (SSSR count). The standard InChI is InChI=1S/C22H16F4N6O/c23-17-7-12(4-5-16(17)22(24,25)26)19-14(8-27)20(31-21(29)15(19)9-28)13-10-30-32(11-13)18-3-1-2-6-33-18/h4-5,7,10-11,18H,1-3,6H2,(H2,29,31). The van der Waals surface area contributed by atoms with E-state index in [4.69, 9.17) is 10.5 Å². The highest BCUT2D eigenvalue weighted by atomic mass is 19.4. The second-order valence-electron chi connectivity index (χ2n) is 7.42. The fourth-order valence-corrected chi connectivity index (χ4v) is 3.77. The Morgan fingerprint density at radius 2 is 1.88 bits per heavy atom. The molecule has 1 aliphatic rings. The number of halogens is 4. The molecule has 168 valence electrons. The van der Waals surface area contributed by atoms with E-state index < -0.39 is 17.6 Å². The second-order valence-corrected chi connectivity index (χ2v) is 7.42. The van der Waals surface area contributed by atoms with Gasteiger partial charge in [0, 0.05) is 23.9 Å². The van der Waals surface area contributed by atoms with Crippen LogP contribution in [0.4, 0.5) is 23.4 Å². The van der Waals surface area contributed by atoms with E-state index in [0.29, 0.717) is 24.3 Å². The normalized spacial score (nSPS) is 16.2. The molecule has 0 bridgehead atoms. The number of pyridine rings is 1. The average molecular weight is 456 g/mol. The average Bonchev–Trinajstić information content (AvgIpc) is 3.28. The Balaban J connectivity index is 1.88. The molecule has 1 unspecified atom stereocenters. The zero-order chi connectivity index (χ0) is 23.8. The summed E-state index contributed by atoms with van der Waals surface area (Å²) in [6, 6.07) is 5.92. The third-order valence-corrected chi connectivity index (χ3v) is 5.34. The van der Waals surface area contributed by atoms with E-state index in [0.717, 1.165) is 25.3 Å². The van der Waals surface area contributed by atoms with Crippen molar-refractivity contribution in [3.05, 3.63) is 53.1 Å². The van der Waals surface area contributed by atoms with Gasteiger partial charge in [-0.05, 0) is 37.0 Å². The molecule has 3 heterocycles. The fourth-order valence-electron chi connectivity index (χ4n) is 3.77. The van der Waals surface area contributed by atoms with E-state index in [1.807, 2.05) is 12.1 Å². The van der Waals surface area contributed by atoms with Gasteiger partial charge in [-0.2, -0.15) is 28.8 Å². The lowest BCUT2D eigenvalue weighted by Crippen LogP contribution is -2.18. The van der Waals surface area contributed by atoms with Crippen LogP contribution in [0.25, 0.3) is 22.4 Å². The van der Waals surface area contributed by atoms with Crippen molar-refractivity contribution >= 4 is 5.82 Å². The molecule has 1 atom stereocenters. The Kier molecular flexibility index (Phi) is 5.75. The van der Waals surface area contributed by atoms with E-state index in [-0.39, 0.29) is 40.0 Å². The number of alkyl halides is 3. The third-order valence-electron chi connectivity index (χ3n) is 5.34. The SMILES string of the molecule is N#Cc1c(N)nc(-c2cnn(C3CCCCO3)c2)c(C#N)c1-c1ccc(C(F)(F)F)c(F)c1. The summed E-state index contributed by atoms with van der Waals surface area (Å²) in [7, 11) is 0. The van der Waals surface area contributed by atoms with Gasteiger partial charge in [0.1, 0.15) is 35.6 Å². The van der Waals surface area contributed by atoms with Crippen LogP contribution in [0, 0.1) is 28.5 Å². The van der Waals surface area contributed by atoms with Gasteiger partial charge in [-0.3, -0.25) is 0 Å². The lowest BCUT2D eigenvalue weighted by molar-refractivity contribution is -0.139. The highest BCUT2D eigenvalue weighted by molar-refractivity contribution is 5.87. The topological polar surface area (TPSA) is 114 Å². The van der Waals surface area contributed by atoms with Gasteiger partial charge in [-0.25, -0.2) is 14.1 Å². The van der Waals surface area contributed by atoms with Crippen LogP contribution in [-0.4, -0.2) is 21.4 Å². The van der Waals surface area contributed by atoms with Crippen molar-refractivity contribution < 1.29 is 22.3 Å². The first kappa shape index (κ1) is 22.2. The summed E-state index contributed by atoms with van der Waals surface area (Å²) < 4.78 is 60.5. The fraction of sp³-hybridized carbons (Fsp3) is 0.273. The van der Waals surface area contributed by atoms with Gasteiger partial charge < -0.3 is 10.5 Å². The first-order valence-electron chi connectivity index (χ1n) is 9.91. The number of nitrogens with zero attached hydrogens (tertiary/aromatic N) is 5. The van der Waals surface area contributed by atoms with Crippen LogP contribution in [0.2, 0.25) is 0 Å². The van der Waals surface area contributed by atoms with E-state index in [1.165, 1.54) is 6.20 Å². The maximum Gasteiger partial charge on any atom is 0.419 e. The van der Waals surface area contributed by atoms with Gasteiger partial charge in [-0.15, -0.1) is 0 Å². The molecule has 0 aliphatic carbocycles. The molecule has 0 amide bonds. The Morgan fingerprint density at radius 1 is 1.12 bits per heavy atom. The van der Waals surface area contributed by atoms with Crippen LogP contribution >= 0.6 is 0 Å². The number of anilines is 1. The van der Waals surface area contributed by atoms with Crippen LogP contribution < -0.4 is 5.73 Å². The molecule has 0 saturated carbocycles. The number of ether oxygens (including phenoxy) is 1. The lowest BCUT2D eigenvalue weighted by atomic mass is 9.92. The summed E-state index contributed by atoms with van der Waals surface area (Å²) in [6.07, 6.45) is 0.560.